The van der Waals surface area contributed by atoms with Crippen LogP contribution in [-0.2, 0) is 20.9 Å². The Kier molecular flexibility index (Phi) is 4.96. The number of piperidine rings is 1. The number of benzene rings is 1. The van der Waals surface area contributed by atoms with E-state index in [4.69, 9.17) is 10.5 Å². The molecule has 0 spiro atoms. The van der Waals surface area contributed by atoms with Crippen molar-refractivity contribution in [1.82, 2.24) is 10.2 Å². The van der Waals surface area contributed by atoms with Gasteiger partial charge in [0.05, 0.1) is 5.60 Å². The molecule has 8 heteroatoms. The molecule has 6 fully saturated rings. The molecule has 1 aliphatic heterocycles. The van der Waals surface area contributed by atoms with E-state index in [2.05, 4.69) is 5.32 Å². The van der Waals surface area contributed by atoms with Crippen LogP contribution in [-0.4, -0.2) is 51.6 Å². The monoisotopic (exact) mass is 467 g/mol. The second-order valence-electron chi connectivity index (χ2n) is 11.6. The van der Waals surface area contributed by atoms with E-state index in [0.717, 1.165) is 44.1 Å². The number of nitrogens with one attached hydrogen (secondary N) is 1. The first-order valence-corrected chi connectivity index (χ1v) is 12.6. The summed E-state index contributed by atoms with van der Waals surface area (Å²) < 4.78 is 5.50. The van der Waals surface area contributed by atoms with Crippen LogP contribution < -0.4 is 11.1 Å². The van der Waals surface area contributed by atoms with Gasteiger partial charge in [0, 0.05) is 11.5 Å². The van der Waals surface area contributed by atoms with Crippen molar-refractivity contribution < 1.29 is 24.2 Å². The maximum absolute atomic E-state index is 14.1. The van der Waals surface area contributed by atoms with E-state index >= 15 is 0 Å². The first-order valence-electron chi connectivity index (χ1n) is 12.6. The molecule has 4 N–H and O–H groups in total. The molecule has 6 aliphatic rings. The SMILES string of the molecule is NC(=O)[C@@H]1C[C@@H]2C[C@@H]2N1C(=O)[C@@H](NC(=O)OCc1ccccc1)C12CC3CC(CC(O)(C3)C1)C2. The average Bonchev–Trinajstić information content (AvgIpc) is 3.43. The van der Waals surface area contributed by atoms with E-state index in [1.165, 1.54) is 0 Å². The molecule has 0 radical (unpaired) electrons. The Hall–Kier alpha value is -2.61. The molecule has 1 saturated heterocycles. The molecule has 5 aliphatic carbocycles. The summed E-state index contributed by atoms with van der Waals surface area (Å²) >= 11 is 0. The number of primary amides is 1. The maximum Gasteiger partial charge on any atom is 0.408 e. The molecule has 182 valence electrons. The van der Waals surface area contributed by atoms with Gasteiger partial charge in [-0.1, -0.05) is 30.3 Å². The van der Waals surface area contributed by atoms with Crippen LogP contribution in [0.15, 0.2) is 30.3 Å². The number of nitrogens with zero attached hydrogens (tertiary/aromatic N) is 1. The quantitative estimate of drug-likeness (QED) is 0.591. The summed E-state index contributed by atoms with van der Waals surface area (Å²) in [6.45, 7) is 0.105. The van der Waals surface area contributed by atoms with Gasteiger partial charge in [-0.15, -0.1) is 0 Å². The number of nitrogens with two attached hydrogens (primary N) is 1. The number of carbonyl (C=O) groups is 3. The van der Waals surface area contributed by atoms with Crippen LogP contribution >= 0.6 is 0 Å². The highest BCUT2D eigenvalue weighted by atomic mass is 16.5. The third kappa shape index (κ3) is 3.67. The summed E-state index contributed by atoms with van der Waals surface area (Å²) in [5.41, 5.74) is 5.21. The zero-order chi connectivity index (χ0) is 23.7. The summed E-state index contributed by atoms with van der Waals surface area (Å²) in [6, 6.07) is 7.95. The molecule has 1 aromatic carbocycles. The molecule has 5 saturated carbocycles. The van der Waals surface area contributed by atoms with E-state index < -0.39 is 35.1 Å². The van der Waals surface area contributed by atoms with E-state index in [9.17, 15) is 19.5 Å². The van der Waals surface area contributed by atoms with Crippen molar-refractivity contribution in [2.75, 3.05) is 0 Å². The Labute approximate surface area is 199 Å². The smallest absolute Gasteiger partial charge is 0.408 e. The first kappa shape index (κ1) is 21.9. The first-order chi connectivity index (χ1) is 16.3. The summed E-state index contributed by atoms with van der Waals surface area (Å²) in [5, 5.41) is 14.2. The van der Waals surface area contributed by atoms with Gasteiger partial charge in [-0.25, -0.2) is 4.79 Å². The van der Waals surface area contributed by atoms with E-state index in [-0.39, 0.29) is 18.6 Å². The van der Waals surface area contributed by atoms with Crippen LogP contribution in [0.1, 0.15) is 56.9 Å². The molecule has 1 aromatic rings. The van der Waals surface area contributed by atoms with Gasteiger partial charge >= 0.3 is 6.09 Å². The number of ether oxygens (including phenoxy) is 1. The lowest BCUT2D eigenvalue weighted by Crippen LogP contribution is -2.67. The zero-order valence-electron chi connectivity index (χ0n) is 19.3. The van der Waals surface area contributed by atoms with Crippen LogP contribution in [0.5, 0.6) is 0 Å². The summed E-state index contributed by atoms with van der Waals surface area (Å²) in [6.07, 6.45) is 5.52. The number of alkyl carbamates (subject to hydrolysis) is 1. The molecular weight excluding hydrogens is 434 g/mol. The zero-order valence-corrected chi connectivity index (χ0v) is 19.3. The van der Waals surface area contributed by atoms with Crippen LogP contribution in [0.3, 0.4) is 0 Å². The van der Waals surface area contributed by atoms with Crippen molar-refractivity contribution >= 4 is 17.9 Å². The lowest BCUT2D eigenvalue weighted by atomic mass is 9.46. The molecule has 34 heavy (non-hydrogen) atoms. The molecule has 2 unspecified atom stereocenters. The highest BCUT2D eigenvalue weighted by Crippen LogP contribution is 2.63. The minimum absolute atomic E-state index is 0.0200. The fourth-order valence-electron chi connectivity index (χ4n) is 8.16. The largest absolute Gasteiger partial charge is 0.445 e. The number of rotatable bonds is 6. The predicted octanol–water partition coefficient (Wildman–Crippen LogP) is 2.09. The molecule has 6 atom stereocenters. The molecule has 1 heterocycles. The molecule has 3 amide bonds. The standard InChI is InChI=1S/C26H33N3O5/c27-22(30)20-8-18-7-19(18)29(20)23(31)21(28-24(32)34-13-15-4-2-1-3-5-15)25-9-16-6-17(10-25)12-26(33,11-16)14-25/h1-5,16-21,33H,6-14H2,(H2,27,30)(H,28,32)/t16?,17?,18-,19-,20-,21+,25?,26?/m0/s1. The van der Waals surface area contributed by atoms with Gasteiger partial charge in [0.15, 0.2) is 0 Å². The Bertz CT molecular complexity index is 999. The lowest BCUT2D eigenvalue weighted by molar-refractivity contribution is -0.180. The van der Waals surface area contributed by atoms with Crippen LogP contribution in [0.25, 0.3) is 0 Å². The van der Waals surface area contributed by atoms with Crippen molar-refractivity contribution in [1.29, 1.82) is 0 Å². The maximum atomic E-state index is 14.1. The topological polar surface area (TPSA) is 122 Å². The van der Waals surface area contributed by atoms with Crippen molar-refractivity contribution in [3.8, 4) is 0 Å². The Morgan fingerprint density at radius 2 is 1.79 bits per heavy atom. The third-order valence-electron chi connectivity index (χ3n) is 9.10. The van der Waals surface area contributed by atoms with Crippen molar-refractivity contribution in [3.63, 3.8) is 0 Å². The average molecular weight is 468 g/mol. The predicted molar refractivity (Wildman–Crippen MR) is 122 cm³/mol. The van der Waals surface area contributed by atoms with Gasteiger partial charge in [0.2, 0.25) is 11.8 Å². The second kappa shape index (κ2) is 7.70. The lowest BCUT2D eigenvalue weighted by Gasteiger charge is -2.62. The number of carbonyl (C=O) groups excluding carboxylic acids is 3. The number of amides is 3. The van der Waals surface area contributed by atoms with E-state index in [1.54, 1.807) is 4.90 Å². The number of fused-ring (bicyclic) bond motifs is 1. The normalized spacial score (nSPS) is 39.9. The summed E-state index contributed by atoms with van der Waals surface area (Å²) in [7, 11) is 0. The van der Waals surface area contributed by atoms with Gasteiger partial charge in [-0.2, -0.15) is 0 Å². The van der Waals surface area contributed by atoms with Gasteiger partial charge in [-0.3, -0.25) is 9.59 Å². The minimum atomic E-state index is -0.839. The fraction of sp³-hybridized carbons (Fsp3) is 0.654. The molecule has 8 nitrogen and oxygen atoms in total. The van der Waals surface area contributed by atoms with E-state index in [0.29, 0.717) is 30.6 Å². The Morgan fingerprint density at radius 1 is 1.09 bits per heavy atom. The van der Waals surface area contributed by atoms with E-state index in [1.807, 2.05) is 30.3 Å². The van der Waals surface area contributed by atoms with Gasteiger partial charge in [0.1, 0.15) is 18.7 Å². The van der Waals surface area contributed by atoms with Crippen molar-refractivity contribution in [2.24, 2.45) is 28.9 Å². The van der Waals surface area contributed by atoms with Gasteiger partial charge < -0.3 is 25.8 Å². The second-order valence-corrected chi connectivity index (χ2v) is 11.6. The minimum Gasteiger partial charge on any atom is -0.445 e. The number of hydrogen-bond acceptors (Lipinski definition) is 5. The Morgan fingerprint density at radius 3 is 2.44 bits per heavy atom. The molecule has 7 rings (SSSR count). The highest BCUT2D eigenvalue weighted by Gasteiger charge is 2.64. The number of aliphatic hydroxyl groups is 1. The van der Waals surface area contributed by atoms with Gasteiger partial charge in [0.25, 0.3) is 0 Å². The highest BCUT2D eigenvalue weighted by molar-refractivity contribution is 5.92. The summed E-state index contributed by atoms with van der Waals surface area (Å²) in [5.74, 6) is 0.282. The molecule has 0 aromatic heterocycles. The van der Waals surface area contributed by atoms with Gasteiger partial charge in [-0.05, 0) is 74.7 Å². The number of likely N-dealkylation sites (tertiary alicyclic amines) is 1. The van der Waals surface area contributed by atoms with Crippen molar-refractivity contribution in [3.05, 3.63) is 35.9 Å². The summed E-state index contributed by atoms with van der Waals surface area (Å²) in [4.78, 5) is 40.9. The fourth-order valence-corrected chi connectivity index (χ4v) is 8.16. The molecular formula is C26H33N3O5. The van der Waals surface area contributed by atoms with Crippen LogP contribution in [0, 0.1) is 23.2 Å². The third-order valence-corrected chi connectivity index (χ3v) is 9.10. The van der Waals surface area contributed by atoms with Crippen LogP contribution in [0.2, 0.25) is 0 Å². The van der Waals surface area contributed by atoms with Crippen LogP contribution in [0.4, 0.5) is 4.79 Å². The Balaban J connectivity index is 1.28. The van der Waals surface area contributed by atoms with Crippen molar-refractivity contribution in [2.45, 2.75) is 81.7 Å². The molecule has 4 bridgehead atoms. The number of hydrogen-bond donors (Lipinski definition) is 3.